The van der Waals surface area contributed by atoms with Crippen molar-refractivity contribution in [2.45, 2.75) is 70.4 Å². The van der Waals surface area contributed by atoms with Crippen LogP contribution in [0.25, 0.3) is 0 Å². The van der Waals surface area contributed by atoms with Crippen molar-refractivity contribution in [1.29, 1.82) is 0 Å². The van der Waals surface area contributed by atoms with Crippen molar-refractivity contribution in [3.8, 4) is 0 Å². The number of amides is 2. The quantitative estimate of drug-likeness (QED) is 0.695. The zero-order valence-corrected chi connectivity index (χ0v) is 12.7. The van der Waals surface area contributed by atoms with Gasteiger partial charge in [0.05, 0.1) is 12.1 Å². The van der Waals surface area contributed by atoms with Gasteiger partial charge in [0, 0.05) is 26.9 Å². The van der Waals surface area contributed by atoms with Crippen molar-refractivity contribution in [2.24, 2.45) is 0 Å². The highest BCUT2D eigenvalue weighted by molar-refractivity contribution is 5.76. The van der Waals surface area contributed by atoms with Gasteiger partial charge in [-0.05, 0) is 25.7 Å². The molecule has 0 aromatic rings. The predicted molar refractivity (Wildman–Crippen MR) is 78.2 cm³/mol. The molecule has 1 saturated carbocycles. The van der Waals surface area contributed by atoms with Gasteiger partial charge >= 0.3 is 0 Å². The van der Waals surface area contributed by atoms with Gasteiger partial charge in [-0.1, -0.05) is 19.3 Å². The number of aliphatic hydroxyl groups excluding tert-OH is 1. The first kappa shape index (κ1) is 17.0. The first-order chi connectivity index (χ1) is 9.52. The van der Waals surface area contributed by atoms with E-state index in [-0.39, 0.29) is 24.0 Å². The number of hydrogen-bond donors (Lipinski definition) is 2. The Morgan fingerprint density at radius 2 is 1.90 bits per heavy atom. The van der Waals surface area contributed by atoms with Crippen LogP contribution < -0.4 is 5.32 Å². The molecule has 116 valence electrons. The SMILES string of the molecule is CC(=O)NCCCCCC(=O)N(C)C1CCCCC1O. The fourth-order valence-corrected chi connectivity index (χ4v) is 2.75. The van der Waals surface area contributed by atoms with Crippen molar-refractivity contribution in [1.82, 2.24) is 10.2 Å². The molecule has 1 rings (SSSR count). The highest BCUT2D eigenvalue weighted by Gasteiger charge is 2.28. The van der Waals surface area contributed by atoms with Gasteiger partial charge in [-0.15, -0.1) is 0 Å². The summed E-state index contributed by atoms with van der Waals surface area (Å²) in [6.07, 6.45) is 6.71. The van der Waals surface area contributed by atoms with E-state index in [1.54, 1.807) is 11.9 Å². The Balaban J connectivity index is 2.16. The second-order valence-corrected chi connectivity index (χ2v) is 5.72. The molecule has 0 saturated heterocycles. The summed E-state index contributed by atoms with van der Waals surface area (Å²) in [7, 11) is 1.80. The van der Waals surface area contributed by atoms with E-state index in [1.807, 2.05) is 0 Å². The number of nitrogens with one attached hydrogen (secondary N) is 1. The lowest BCUT2D eigenvalue weighted by Gasteiger charge is -2.35. The van der Waals surface area contributed by atoms with E-state index in [2.05, 4.69) is 5.32 Å². The Kier molecular flexibility index (Phi) is 7.59. The minimum Gasteiger partial charge on any atom is -0.391 e. The Hall–Kier alpha value is -1.10. The highest BCUT2D eigenvalue weighted by atomic mass is 16.3. The summed E-state index contributed by atoms with van der Waals surface area (Å²) in [4.78, 5) is 24.5. The van der Waals surface area contributed by atoms with Crippen molar-refractivity contribution in [3.63, 3.8) is 0 Å². The lowest BCUT2D eigenvalue weighted by atomic mass is 9.91. The molecule has 0 aromatic carbocycles. The van der Waals surface area contributed by atoms with Gasteiger partial charge in [-0.2, -0.15) is 0 Å². The van der Waals surface area contributed by atoms with Crippen LogP contribution in [0.1, 0.15) is 58.3 Å². The standard InChI is InChI=1S/C15H28N2O3/c1-12(18)16-11-7-3-4-10-15(20)17(2)13-8-5-6-9-14(13)19/h13-14,19H,3-11H2,1-2H3,(H,16,18). The Morgan fingerprint density at radius 1 is 1.20 bits per heavy atom. The Bertz CT molecular complexity index is 320. The minimum atomic E-state index is -0.363. The third-order valence-electron chi connectivity index (χ3n) is 4.03. The summed E-state index contributed by atoms with van der Waals surface area (Å²) in [6.45, 7) is 2.19. The molecule has 2 atom stereocenters. The molecule has 5 nitrogen and oxygen atoms in total. The number of nitrogens with zero attached hydrogens (tertiary/aromatic N) is 1. The Morgan fingerprint density at radius 3 is 2.55 bits per heavy atom. The lowest BCUT2D eigenvalue weighted by Crippen LogP contribution is -2.46. The van der Waals surface area contributed by atoms with Crippen LogP contribution in [0.3, 0.4) is 0 Å². The van der Waals surface area contributed by atoms with Crippen molar-refractivity contribution >= 4 is 11.8 Å². The highest BCUT2D eigenvalue weighted by Crippen LogP contribution is 2.23. The molecule has 0 aliphatic heterocycles. The van der Waals surface area contributed by atoms with Crippen LogP contribution in [0, 0.1) is 0 Å². The largest absolute Gasteiger partial charge is 0.391 e. The minimum absolute atomic E-state index is 0.00405. The first-order valence-electron chi connectivity index (χ1n) is 7.70. The van der Waals surface area contributed by atoms with Crippen LogP contribution in [0.15, 0.2) is 0 Å². The molecule has 0 aromatic heterocycles. The number of aliphatic hydroxyl groups is 1. The van der Waals surface area contributed by atoms with E-state index >= 15 is 0 Å². The van der Waals surface area contributed by atoms with Crippen LogP contribution in [-0.2, 0) is 9.59 Å². The normalized spacial score (nSPS) is 22.4. The second kappa shape index (κ2) is 8.95. The molecule has 0 heterocycles. The second-order valence-electron chi connectivity index (χ2n) is 5.72. The monoisotopic (exact) mass is 284 g/mol. The van der Waals surface area contributed by atoms with Crippen molar-refractivity contribution in [3.05, 3.63) is 0 Å². The molecule has 0 bridgehead atoms. The molecule has 2 amide bonds. The van der Waals surface area contributed by atoms with E-state index < -0.39 is 0 Å². The fourth-order valence-electron chi connectivity index (χ4n) is 2.75. The van der Waals surface area contributed by atoms with Crippen molar-refractivity contribution in [2.75, 3.05) is 13.6 Å². The average Bonchev–Trinajstić information content (AvgIpc) is 2.42. The third-order valence-corrected chi connectivity index (χ3v) is 4.03. The maximum Gasteiger partial charge on any atom is 0.222 e. The maximum atomic E-state index is 12.1. The lowest BCUT2D eigenvalue weighted by molar-refractivity contribution is -0.135. The summed E-state index contributed by atoms with van der Waals surface area (Å²) in [5.41, 5.74) is 0. The smallest absolute Gasteiger partial charge is 0.222 e. The summed E-state index contributed by atoms with van der Waals surface area (Å²) < 4.78 is 0. The number of rotatable bonds is 7. The number of unbranched alkanes of at least 4 members (excludes halogenated alkanes) is 2. The Labute approximate surface area is 121 Å². The van der Waals surface area contributed by atoms with Crippen LogP contribution in [0.5, 0.6) is 0 Å². The molecule has 2 unspecified atom stereocenters. The van der Waals surface area contributed by atoms with Crippen LogP contribution in [0.2, 0.25) is 0 Å². The molecule has 2 N–H and O–H groups in total. The first-order valence-corrected chi connectivity index (χ1v) is 7.70. The molecule has 1 aliphatic rings. The average molecular weight is 284 g/mol. The van der Waals surface area contributed by atoms with E-state index in [4.69, 9.17) is 0 Å². The number of likely N-dealkylation sites (N-methyl/N-ethyl adjacent to an activating group) is 1. The molecule has 0 spiro atoms. The zero-order valence-electron chi connectivity index (χ0n) is 12.7. The van der Waals surface area contributed by atoms with Crippen LogP contribution in [-0.4, -0.2) is 47.6 Å². The van der Waals surface area contributed by atoms with Gasteiger partial charge in [-0.3, -0.25) is 9.59 Å². The molecule has 1 fully saturated rings. The molecular weight excluding hydrogens is 256 g/mol. The summed E-state index contributed by atoms with van der Waals surface area (Å²) >= 11 is 0. The van der Waals surface area contributed by atoms with E-state index in [0.29, 0.717) is 13.0 Å². The van der Waals surface area contributed by atoms with Crippen LogP contribution in [0.4, 0.5) is 0 Å². The summed E-state index contributed by atoms with van der Waals surface area (Å²) in [6, 6.07) is -0.00405. The van der Waals surface area contributed by atoms with Gasteiger partial charge in [0.2, 0.25) is 11.8 Å². The topological polar surface area (TPSA) is 69.6 Å². The molecule has 5 heteroatoms. The number of hydrogen-bond acceptors (Lipinski definition) is 3. The zero-order chi connectivity index (χ0) is 15.0. The van der Waals surface area contributed by atoms with Gasteiger partial charge < -0.3 is 15.3 Å². The maximum absolute atomic E-state index is 12.1. The number of carbonyl (C=O) groups excluding carboxylic acids is 2. The van der Waals surface area contributed by atoms with Crippen molar-refractivity contribution < 1.29 is 14.7 Å². The van der Waals surface area contributed by atoms with Gasteiger partial charge in [0.25, 0.3) is 0 Å². The third kappa shape index (κ3) is 5.90. The molecule has 0 radical (unpaired) electrons. The van der Waals surface area contributed by atoms with Crippen LogP contribution >= 0.6 is 0 Å². The molecule has 1 aliphatic carbocycles. The van der Waals surface area contributed by atoms with E-state index in [9.17, 15) is 14.7 Å². The summed E-state index contributed by atoms with van der Waals surface area (Å²) in [5, 5.41) is 12.7. The van der Waals surface area contributed by atoms with E-state index in [1.165, 1.54) is 6.92 Å². The van der Waals surface area contributed by atoms with E-state index in [0.717, 1.165) is 44.9 Å². The van der Waals surface area contributed by atoms with Gasteiger partial charge in [0.15, 0.2) is 0 Å². The summed E-state index contributed by atoms with van der Waals surface area (Å²) in [5.74, 6) is 0.113. The number of carbonyl (C=O) groups is 2. The molecular formula is C15H28N2O3. The predicted octanol–water partition coefficient (Wildman–Crippen LogP) is 1.44. The van der Waals surface area contributed by atoms with Gasteiger partial charge in [0.1, 0.15) is 0 Å². The fraction of sp³-hybridized carbons (Fsp3) is 0.867. The molecule has 20 heavy (non-hydrogen) atoms. The van der Waals surface area contributed by atoms with Gasteiger partial charge in [-0.25, -0.2) is 0 Å².